The van der Waals surface area contributed by atoms with E-state index in [2.05, 4.69) is 0 Å². The van der Waals surface area contributed by atoms with Gasteiger partial charge in [-0.3, -0.25) is 24.0 Å². The molecule has 1 aromatic rings. The van der Waals surface area contributed by atoms with Crippen LogP contribution < -0.4 is 0 Å². The number of carbonyl (C=O) groups excluding carboxylic acids is 6. The summed E-state index contributed by atoms with van der Waals surface area (Å²) in [4.78, 5) is 77.7. The maximum atomic E-state index is 14.4. The summed E-state index contributed by atoms with van der Waals surface area (Å²) in [7, 11) is 0. The van der Waals surface area contributed by atoms with E-state index < -0.39 is 95.1 Å². The van der Waals surface area contributed by atoms with Crippen LogP contribution >= 0.6 is 0 Å². The summed E-state index contributed by atoms with van der Waals surface area (Å²) in [6, 6.07) is 7.95. The molecule has 0 amide bonds. The van der Waals surface area contributed by atoms with Crippen LogP contribution in [0.4, 0.5) is 0 Å². The lowest BCUT2D eigenvalue weighted by atomic mass is 9.47. The zero-order chi connectivity index (χ0) is 31.2. The molecule has 12 heteroatoms. The molecule has 8 atom stereocenters. The van der Waals surface area contributed by atoms with E-state index in [9.17, 15) is 28.8 Å². The molecular weight excluding hydrogens is 552 g/mol. The van der Waals surface area contributed by atoms with Crippen molar-refractivity contribution in [3.05, 3.63) is 35.9 Å². The molecule has 42 heavy (non-hydrogen) atoms. The fraction of sp³-hybridized carbons (Fsp3) is 0.600. The first-order valence-electron chi connectivity index (χ1n) is 13.7. The molecule has 1 heterocycles. The molecule has 1 spiro atoms. The predicted molar refractivity (Wildman–Crippen MR) is 142 cm³/mol. The van der Waals surface area contributed by atoms with Crippen molar-refractivity contribution in [2.24, 2.45) is 17.3 Å². The van der Waals surface area contributed by atoms with Gasteiger partial charge in [-0.05, 0) is 38.3 Å². The highest BCUT2D eigenvalue weighted by molar-refractivity contribution is 5.93. The Labute approximate surface area is 243 Å². The molecule has 12 nitrogen and oxygen atoms in total. The molecule has 2 saturated carbocycles. The molecule has 3 fully saturated rings. The van der Waals surface area contributed by atoms with Crippen LogP contribution in [0.25, 0.3) is 0 Å². The van der Waals surface area contributed by atoms with Crippen molar-refractivity contribution < 1.29 is 57.2 Å². The summed E-state index contributed by atoms with van der Waals surface area (Å²) in [5.74, 6) is -6.33. The molecule has 1 aromatic carbocycles. The quantitative estimate of drug-likeness (QED) is 0.339. The number of hydrogen-bond acceptors (Lipinski definition) is 12. The second-order valence-corrected chi connectivity index (χ2v) is 11.7. The Morgan fingerprint density at radius 3 is 1.98 bits per heavy atom. The Morgan fingerprint density at radius 1 is 0.833 bits per heavy atom. The van der Waals surface area contributed by atoms with Crippen LogP contribution in [0.1, 0.15) is 65.2 Å². The van der Waals surface area contributed by atoms with Gasteiger partial charge in [0.15, 0.2) is 18.0 Å². The fourth-order valence-corrected chi connectivity index (χ4v) is 7.25. The first-order chi connectivity index (χ1) is 19.6. The van der Waals surface area contributed by atoms with Crippen molar-refractivity contribution in [2.45, 2.75) is 90.5 Å². The molecule has 1 aliphatic heterocycles. The van der Waals surface area contributed by atoms with Gasteiger partial charge in [0.05, 0.1) is 17.1 Å². The minimum atomic E-state index is -2.02. The molecule has 1 saturated heterocycles. The largest absolute Gasteiger partial charge is 0.465 e. The smallest absolute Gasteiger partial charge is 0.338 e. The van der Waals surface area contributed by atoms with E-state index in [1.165, 1.54) is 26.0 Å². The Kier molecular flexibility index (Phi) is 8.25. The molecule has 0 unspecified atom stereocenters. The standard InChI is InChI=1S/C30H36O12/c1-15-13-21(38-17(3)32)24(41-27(36)20-11-9-8-10-12-20)29(14-37-16(2)31)26(40-19(5)34)23(35)22-25(39-18(4)33)30(15,29)42-28(22,6)7/h8-12,15,21-22,24-26H,13-14H2,1-7H3/t15-,21+,22-,24+,25-,26-,29+,30-/m0/s1. The minimum Gasteiger partial charge on any atom is -0.465 e. The monoisotopic (exact) mass is 588 g/mol. The van der Waals surface area contributed by atoms with Crippen LogP contribution in [0.3, 0.4) is 0 Å². The molecular formula is C30H36O12. The zero-order valence-electron chi connectivity index (χ0n) is 24.7. The summed E-state index contributed by atoms with van der Waals surface area (Å²) in [6.45, 7) is 8.96. The summed E-state index contributed by atoms with van der Waals surface area (Å²) >= 11 is 0. The van der Waals surface area contributed by atoms with E-state index in [0.717, 1.165) is 13.8 Å². The topological polar surface area (TPSA) is 158 Å². The molecule has 0 radical (unpaired) electrons. The highest BCUT2D eigenvalue weighted by Crippen LogP contribution is 2.67. The van der Waals surface area contributed by atoms with Crippen LogP contribution in [0, 0.1) is 17.3 Å². The van der Waals surface area contributed by atoms with Crippen molar-refractivity contribution in [2.75, 3.05) is 6.61 Å². The van der Waals surface area contributed by atoms with Crippen molar-refractivity contribution >= 4 is 35.6 Å². The molecule has 0 N–H and O–H groups in total. The van der Waals surface area contributed by atoms with E-state index in [1.807, 2.05) is 0 Å². The van der Waals surface area contributed by atoms with Crippen molar-refractivity contribution in [1.82, 2.24) is 0 Å². The Hall–Kier alpha value is -3.80. The molecule has 2 bridgehead atoms. The van der Waals surface area contributed by atoms with E-state index in [4.69, 9.17) is 28.4 Å². The van der Waals surface area contributed by atoms with E-state index >= 15 is 0 Å². The van der Waals surface area contributed by atoms with Crippen LogP contribution in [0.5, 0.6) is 0 Å². The van der Waals surface area contributed by atoms with Crippen molar-refractivity contribution in [3.8, 4) is 0 Å². The van der Waals surface area contributed by atoms with Gasteiger partial charge in [0.2, 0.25) is 0 Å². The third-order valence-electron chi connectivity index (χ3n) is 8.48. The molecule has 3 aliphatic rings. The third-order valence-corrected chi connectivity index (χ3v) is 8.48. The lowest BCUT2D eigenvalue weighted by Gasteiger charge is -2.62. The fourth-order valence-electron chi connectivity index (χ4n) is 7.25. The number of ether oxygens (including phenoxy) is 6. The summed E-state index contributed by atoms with van der Waals surface area (Å²) < 4.78 is 35.7. The van der Waals surface area contributed by atoms with Crippen LogP contribution in [-0.2, 0) is 52.4 Å². The zero-order valence-corrected chi connectivity index (χ0v) is 24.7. The van der Waals surface area contributed by atoms with Gasteiger partial charge in [-0.25, -0.2) is 4.79 Å². The SMILES string of the molecule is CC(=O)OC[C@]12[C@H](OC(=O)c3ccccc3)[C@H](OC(C)=O)C[C@H](C)[C@@]13OC(C)(C)[C@@H](C(=O)[C@@H]2OC(C)=O)[C@@H]3OC(C)=O. The summed E-state index contributed by atoms with van der Waals surface area (Å²) in [6.07, 6.45) is -5.69. The summed E-state index contributed by atoms with van der Waals surface area (Å²) in [5.41, 5.74) is -4.87. The Balaban J connectivity index is 2.07. The van der Waals surface area contributed by atoms with E-state index in [1.54, 1.807) is 39.0 Å². The van der Waals surface area contributed by atoms with Gasteiger partial charge in [-0.2, -0.15) is 0 Å². The van der Waals surface area contributed by atoms with Gasteiger partial charge in [0.1, 0.15) is 29.8 Å². The highest BCUT2D eigenvalue weighted by Gasteiger charge is 2.85. The van der Waals surface area contributed by atoms with Crippen LogP contribution in [0.15, 0.2) is 30.3 Å². The average molecular weight is 589 g/mol. The van der Waals surface area contributed by atoms with Crippen LogP contribution in [-0.4, -0.2) is 77.9 Å². The Morgan fingerprint density at radius 2 is 1.43 bits per heavy atom. The number of ketones is 1. The molecule has 4 rings (SSSR count). The molecule has 0 aromatic heterocycles. The number of fused-ring (bicyclic) bond motifs is 1. The molecule has 2 aliphatic carbocycles. The van der Waals surface area contributed by atoms with Gasteiger partial charge < -0.3 is 28.4 Å². The normalized spacial score (nSPS) is 34.4. The first kappa shape index (κ1) is 31.1. The van der Waals surface area contributed by atoms with Gasteiger partial charge >= 0.3 is 29.8 Å². The highest BCUT2D eigenvalue weighted by atomic mass is 16.6. The number of benzene rings is 1. The maximum absolute atomic E-state index is 14.4. The lowest BCUT2D eigenvalue weighted by molar-refractivity contribution is -0.312. The average Bonchev–Trinajstić information content (AvgIpc) is 3.08. The first-order valence-corrected chi connectivity index (χ1v) is 13.7. The number of carbonyl (C=O) groups is 6. The number of Topliss-reactive ketones (excluding diaryl/α,β-unsaturated/α-hetero) is 1. The van der Waals surface area contributed by atoms with E-state index in [0.29, 0.717) is 0 Å². The van der Waals surface area contributed by atoms with Gasteiger partial charge in [0.25, 0.3) is 0 Å². The van der Waals surface area contributed by atoms with Gasteiger partial charge in [-0.1, -0.05) is 25.1 Å². The number of esters is 5. The number of hydrogen-bond donors (Lipinski definition) is 0. The van der Waals surface area contributed by atoms with E-state index in [-0.39, 0.29) is 12.0 Å². The second kappa shape index (κ2) is 11.1. The number of rotatable bonds is 7. The second-order valence-electron chi connectivity index (χ2n) is 11.7. The predicted octanol–water partition coefficient (Wildman–Crippen LogP) is 2.34. The Bertz CT molecular complexity index is 1290. The van der Waals surface area contributed by atoms with Crippen molar-refractivity contribution in [3.63, 3.8) is 0 Å². The minimum absolute atomic E-state index is 0.0374. The van der Waals surface area contributed by atoms with Crippen molar-refractivity contribution in [1.29, 1.82) is 0 Å². The lowest BCUT2D eigenvalue weighted by Crippen LogP contribution is -2.80. The van der Waals surface area contributed by atoms with Crippen LogP contribution in [0.2, 0.25) is 0 Å². The maximum Gasteiger partial charge on any atom is 0.338 e. The van der Waals surface area contributed by atoms with Gasteiger partial charge in [0, 0.05) is 27.7 Å². The molecule has 228 valence electrons. The summed E-state index contributed by atoms with van der Waals surface area (Å²) in [5, 5.41) is 0. The third kappa shape index (κ3) is 4.95. The van der Waals surface area contributed by atoms with Gasteiger partial charge in [-0.15, -0.1) is 0 Å².